The summed E-state index contributed by atoms with van der Waals surface area (Å²) in [6.45, 7) is 5.12. The third-order valence-corrected chi connectivity index (χ3v) is 3.95. The highest BCUT2D eigenvalue weighted by Gasteiger charge is 2.14. The van der Waals surface area contributed by atoms with Crippen LogP contribution in [0.25, 0.3) is 10.9 Å². The summed E-state index contributed by atoms with van der Waals surface area (Å²) < 4.78 is 5.56. The molecule has 3 rings (SSSR count). The molecule has 0 fully saturated rings. The number of nitrogens with zero attached hydrogens (tertiary/aromatic N) is 1. The van der Waals surface area contributed by atoms with Crippen molar-refractivity contribution in [2.45, 2.75) is 20.3 Å². The van der Waals surface area contributed by atoms with Gasteiger partial charge in [-0.1, -0.05) is 11.6 Å². The fourth-order valence-electron chi connectivity index (χ4n) is 2.65. The summed E-state index contributed by atoms with van der Waals surface area (Å²) in [6, 6.07) is 9.84. The first-order valence-corrected chi connectivity index (χ1v) is 8.05. The predicted octanol–water partition coefficient (Wildman–Crippen LogP) is 3.38. The van der Waals surface area contributed by atoms with Crippen molar-refractivity contribution in [1.82, 2.24) is 15.3 Å². The number of fused-ring (bicyclic) bond motifs is 1. The van der Waals surface area contributed by atoms with E-state index in [9.17, 15) is 4.79 Å². The van der Waals surface area contributed by atoms with Crippen LogP contribution in [-0.4, -0.2) is 29.0 Å². The number of nitrogens with one attached hydrogen (secondary N) is 2. The van der Waals surface area contributed by atoms with Gasteiger partial charge in [0, 0.05) is 23.6 Å². The molecule has 0 bridgehead atoms. The Morgan fingerprint density at radius 3 is 2.96 bits per heavy atom. The van der Waals surface area contributed by atoms with Crippen LogP contribution in [0.1, 0.15) is 28.0 Å². The Balaban J connectivity index is 1.53. The van der Waals surface area contributed by atoms with Gasteiger partial charge in [0.2, 0.25) is 0 Å². The van der Waals surface area contributed by atoms with Crippen LogP contribution in [0.3, 0.4) is 0 Å². The van der Waals surface area contributed by atoms with Crippen LogP contribution in [0, 0.1) is 13.8 Å². The molecule has 2 N–H and O–H groups in total. The number of benzene rings is 1. The zero-order valence-corrected chi connectivity index (χ0v) is 13.9. The molecule has 0 aliphatic heterocycles. The number of amides is 1. The largest absolute Gasteiger partial charge is 0.492 e. The van der Waals surface area contributed by atoms with E-state index in [0.717, 1.165) is 28.6 Å². The SMILES string of the molecule is Cc1ccc2[nH]c(C(=O)NCCCOc3cccnc3)c(C)c2c1. The number of ether oxygens (including phenoxy) is 1. The number of aromatic nitrogens is 2. The van der Waals surface area contributed by atoms with Crippen LogP contribution in [-0.2, 0) is 0 Å². The Morgan fingerprint density at radius 2 is 2.17 bits per heavy atom. The van der Waals surface area contributed by atoms with Crippen LogP contribution in [0.15, 0.2) is 42.7 Å². The Labute approximate surface area is 141 Å². The van der Waals surface area contributed by atoms with Gasteiger partial charge in [0.05, 0.1) is 12.8 Å². The monoisotopic (exact) mass is 323 g/mol. The molecule has 0 saturated heterocycles. The molecule has 2 aromatic heterocycles. The minimum atomic E-state index is -0.0808. The third kappa shape index (κ3) is 3.56. The van der Waals surface area contributed by atoms with Crippen LogP contribution >= 0.6 is 0 Å². The Kier molecular flexibility index (Phi) is 4.79. The minimum absolute atomic E-state index is 0.0808. The summed E-state index contributed by atoms with van der Waals surface area (Å²) in [5.41, 5.74) is 3.79. The summed E-state index contributed by atoms with van der Waals surface area (Å²) >= 11 is 0. The minimum Gasteiger partial charge on any atom is -0.492 e. The quantitative estimate of drug-likeness (QED) is 0.683. The van der Waals surface area contributed by atoms with Gasteiger partial charge in [-0.25, -0.2) is 0 Å². The maximum absolute atomic E-state index is 12.4. The van der Waals surface area contributed by atoms with E-state index in [0.29, 0.717) is 18.8 Å². The zero-order valence-electron chi connectivity index (χ0n) is 13.9. The molecule has 1 aromatic carbocycles. The van der Waals surface area contributed by atoms with Crippen molar-refractivity contribution in [3.8, 4) is 5.75 Å². The Morgan fingerprint density at radius 1 is 1.29 bits per heavy atom. The molecular formula is C19H21N3O2. The fraction of sp³-hybridized carbons (Fsp3) is 0.263. The van der Waals surface area contributed by atoms with Crippen LogP contribution in [0.2, 0.25) is 0 Å². The first-order valence-electron chi connectivity index (χ1n) is 8.05. The summed E-state index contributed by atoms with van der Waals surface area (Å²) in [6.07, 6.45) is 4.12. The number of hydrogen-bond donors (Lipinski definition) is 2. The molecule has 5 heteroatoms. The number of pyridine rings is 1. The van der Waals surface area contributed by atoms with Gasteiger partial charge < -0.3 is 15.0 Å². The van der Waals surface area contributed by atoms with E-state index in [1.165, 1.54) is 5.56 Å². The molecule has 3 aromatic rings. The van der Waals surface area contributed by atoms with Gasteiger partial charge in [0.15, 0.2) is 0 Å². The summed E-state index contributed by atoms with van der Waals surface area (Å²) in [7, 11) is 0. The maximum atomic E-state index is 12.4. The van der Waals surface area contributed by atoms with Crippen molar-refractivity contribution in [2.24, 2.45) is 0 Å². The second kappa shape index (κ2) is 7.17. The normalized spacial score (nSPS) is 10.8. The number of H-pyrrole nitrogens is 1. The molecule has 0 saturated carbocycles. The van der Waals surface area contributed by atoms with E-state index >= 15 is 0 Å². The second-order valence-corrected chi connectivity index (χ2v) is 5.82. The van der Waals surface area contributed by atoms with E-state index in [2.05, 4.69) is 21.4 Å². The lowest BCUT2D eigenvalue weighted by molar-refractivity contribution is 0.0947. The first-order chi connectivity index (χ1) is 11.6. The van der Waals surface area contributed by atoms with Crippen molar-refractivity contribution >= 4 is 16.8 Å². The van der Waals surface area contributed by atoms with Crippen molar-refractivity contribution in [3.05, 3.63) is 59.5 Å². The Bertz CT molecular complexity index is 840. The van der Waals surface area contributed by atoms with Gasteiger partial charge in [-0.3, -0.25) is 9.78 Å². The van der Waals surface area contributed by atoms with Gasteiger partial charge in [0.1, 0.15) is 11.4 Å². The Hall–Kier alpha value is -2.82. The molecule has 24 heavy (non-hydrogen) atoms. The molecular weight excluding hydrogens is 302 g/mol. The molecule has 0 radical (unpaired) electrons. The van der Waals surface area contributed by atoms with Gasteiger partial charge in [-0.2, -0.15) is 0 Å². The van der Waals surface area contributed by atoms with Crippen molar-refractivity contribution in [1.29, 1.82) is 0 Å². The summed E-state index contributed by atoms with van der Waals surface area (Å²) in [5.74, 6) is 0.661. The van der Waals surface area contributed by atoms with Gasteiger partial charge in [0.25, 0.3) is 5.91 Å². The number of rotatable bonds is 6. The molecule has 0 atom stereocenters. The van der Waals surface area contributed by atoms with Crippen molar-refractivity contribution in [3.63, 3.8) is 0 Å². The second-order valence-electron chi connectivity index (χ2n) is 5.82. The highest BCUT2D eigenvalue weighted by atomic mass is 16.5. The molecule has 124 valence electrons. The van der Waals surface area contributed by atoms with Crippen LogP contribution in [0.4, 0.5) is 0 Å². The fourth-order valence-corrected chi connectivity index (χ4v) is 2.65. The molecule has 5 nitrogen and oxygen atoms in total. The van der Waals surface area contributed by atoms with Crippen molar-refractivity contribution in [2.75, 3.05) is 13.2 Å². The number of carbonyl (C=O) groups excluding carboxylic acids is 1. The number of aryl methyl sites for hydroxylation is 2. The average molecular weight is 323 g/mol. The smallest absolute Gasteiger partial charge is 0.268 e. The van der Waals surface area contributed by atoms with Crippen molar-refractivity contribution < 1.29 is 9.53 Å². The summed E-state index contributed by atoms with van der Waals surface area (Å²) in [5, 5.41) is 4.03. The van der Waals surface area contributed by atoms with E-state index in [1.54, 1.807) is 12.4 Å². The lowest BCUT2D eigenvalue weighted by Crippen LogP contribution is -2.26. The maximum Gasteiger partial charge on any atom is 0.268 e. The van der Waals surface area contributed by atoms with E-state index < -0.39 is 0 Å². The van der Waals surface area contributed by atoms with Crippen LogP contribution in [0.5, 0.6) is 5.75 Å². The van der Waals surface area contributed by atoms with E-state index in [1.807, 2.05) is 38.1 Å². The van der Waals surface area contributed by atoms with E-state index in [-0.39, 0.29) is 5.91 Å². The number of aromatic amines is 1. The predicted molar refractivity (Wildman–Crippen MR) is 94.5 cm³/mol. The lowest BCUT2D eigenvalue weighted by Gasteiger charge is -2.07. The zero-order chi connectivity index (χ0) is 16.9. The number of hydrogen-bond acceptors (Lipinski definition) is 3. The van der Waals surface area contributed by atoms with Gasteiger partial charge in [-0.05, 0) is 50.1 Å². The highest BCUT2D eigenvalue weighted by Crippen LogP contribution is 2.22. The molecule has 0 unspecified atom stereocenters. The molecule has 0 aliphatic rings. The summed E-state index contributed by atoms with van der Waals surface area (Å²) in [4.78, 5) is 19.6. The van der Waals surface area contributed by atoms with E-state index in [4.69, 9.17) is 4.74 Å². The standard InChI is InChI=1S/C19H21N3O2/c1-13-6-7-17-16(11-13)14(2)18(22-17)19(23)21-9-4-10-24-15-5-3-8-20-12-15/h3,5-8,11-12,22H,4,9-10H2,1-2H3,(H,21,23). The third-order valence-electron chi connectivity index (χ3n) is 3.95. The first kappa shape index (κ1) is 16.1. The topological polar surface area (TPSA) is 67.0 Å². The van der Waals surface area contributed by atoms with Gasteiger partial charge in [-0.15, -0.1) is 0 Å². The molecule has 0 spiro atoms. The number of carbonyl (C=O) groups is 1. The highest BCUT2D eigenvalue weighted by molar-refractivity contribution is 6.00. The molecule has 2 heterocycles. The average Bonchev–Trinajstić information content (AvgIpc) is 2.92. The van der Waals surface area contributed by atoms with Gasteiger partial charge >= 0.3 is 0 Å². The lowest BCUT2D eigenvalue weighted by atomic mass is 10.1. The molecule has 1 amide bonds. The van der Waals surface area contributed by atoms with Crippen LogP contribution < -0.4 is 10.1 Å². The molecule has 0 aliphatic carbocycles.